The third kappa shape index (κ3) is 4.69. The predicted octanol–water partition coefficient (Wildman–Crippen LogP) is 4.16. The van der Waals surface area contributed by atoms with Gasteiger partial charge in [0.15, 0.2) is 0 Å². The Hall–Kier alpha value is -2.62. The fourth-order valence-electron chi connectivity index (χ4n) is 2.57. The van der Waals surface area contributed by atoms with Crippen molar-refractivity contribution in [1.82, 2.24) is 5.43 Å². The average molecular weight is 324 g/mol. The Bertz CT molecular complexity index is 724. The number of carbonyl (C=O) groups excluding carboxylic acids is 1. The summed E-state index contributed by atoms with van der Waals surface area (Å²) < 4.78 is 5.56. The van der Waals surface area contributed by atoms with Gasteiger partial charge in [0.2, 0.25) is 0 Å². The number of hydrogen-bond donors (Lipinski definition) is 1. The van der Waals surface area contributed by atoms with E-state index in [0.717, 1.165) is 22.4 Å². The lowest BCUT2D eigenvalue weighted by molar-refractivity contribution is 0.0955. The molecule has 0 aromatic heterocycles. The molecule has 0 aliphatic heterocycles. The molecule has 0 aliphatic carbocycles. The number of ether oxygens (including phenoxy) is 1. The number of hydrazone groups is 1. The number of carbonyl (C=O) groups is 1. The van der Waals surface area contributed by atoms with E-state index in [4.69, 9.17) is 4.74 Å². The largest absolute Gasteiger partial charge is 0.491 e. The molecule has 0 aliphatic rings. The molecule has 24 heavy (non-hydrogen) atoms. The number of amides is 1. The van der Waals surface area contributed by atoms with Crippen molar-refractivity contribution in [3.05, 3.63) is 64.2 Å². The topological polar surface area (TPSA) is 50.7 Å². The summed E-state index contributed by atoms with van der Waals surface area (Å²) in [5.41, 5.74) is 7.63. The van der Waals surface area contributed by atoms with Crippen molar-refractivity contribution < 1.29 is 9.53 Å². The van der Waals surface area contributed by atoms with Crippen molar-refractivity contribution in [1.29, 1.82) is 0 Å². The van der Waals surface area contributed by atoms with Crippen LogP contribution in [0.2, 0.25) is 0 Å². The van der Waals surface area contributed by atoms with Crippen molar-refractivity contribution >= 4 is 12.1 Å². The second kappa shape index (κ2) is 7.77. The van der Waals surface area contributed by atoms with E-state index in [0.29, 0.717) is 5.56 Å². The van der Waals surface area contributed by atoms with E-state index in [1.807, 2.05) is 27.7 Å². The number of benzene rings is 2. The minimum atomic E-state index is -0.246. The molecular weight excluding hydrogens is 300 g/mol. The molecule has 0 bridgehead atoms. The van der Waals surface area contributed by atoms with Crippen LogP contribution in [0.15, 0.2) is 41.5 Å². The SMILES string of the molecule is Cc1cc(C)c(/C=N\NC(=O)c2ccc(OC(C)C)cc2)c(C)c1. The Kier molecular flexibility index (Phi) is 5.74. The molecular formula is C20H24N2O2. The van der Waals surface area contributed by atoms with Crippen LogP contribution in [0.1, 0.15) is 46.5 Å². The second-order valence-electron chi connectivity index (χ2n) is 6.20. The van der Waals surface area contributed by atoms with E-state index in [-0.39, 0.29) is 12.0 Å². The van der Waals surface area contributed by atoms with Crippen LogP contribution >= 0.6 is 0 Å². The second-order valence-corrected chi connectivity index (χ2v) is 6.20. The number of nitrogens with zero attached hydrogens (tertiary/aromatic N) is 1. The summed E-state index contributed by atoms with van der Waals surface area (Å²) in [5.74, 6) is 0.501. The van der Waals surface area contributed by atoms with Gasteiger partial charge in [0.05, 0.1) is 12.3 Å². The number of nitrogens with one attached hydrogen (secondary N) is 1. The van der Waals surface area contributed by atoms with E-state index < -0.39 is 0 Å². The third-order valence-corrected chi connectivity index (χ3v) is 3.59. The van der Waals surface area contributed by atoms with E-state index in [9.17, 15) is 4.79 Å². The maximum atomic E-state index is 12.1. The van der Waals surface area contributed by atoms with Gasteiger partial charge in [-0.3, -0.25) is 4.79 Å². The van der Waals surface area contributed by atoms with E-state index in [1.54, 1.807) is 30.5 Å². The molecule has 4 nitrogen and oxygen atoms in total. The number of aryl methyl sites for hydroxylation is 3. The highest BCUT2D eigenvalue weighted by Crippen LogP contribution is 2.15. The molecule has 0 unspecified atom stereocenters. The van der Waals surface area contributed by atoms with Crippen LogP contribution in [0.5, 0.6) is 5.75 Å². The summed E-state index contributed by atoms with van der Waals surface area (Å²) in [4.78, 5) is 12.1. The molecule has 0 saturated carbocycles. The van der Waals surface area contributed by atoms with Crippen molar-refractivity contribution in [2.75, 3.05) is 0 Å². The van der Waals surface area contributed by atoms with Gasteiger partial charge in [0.25, 0.3) is 5.91 Å². The number of hydrogen-bond acceptors (Lipinski definition) is 3. The van der Waals surface area contributed by atoms with Crippen molar-refractivity contribution in [3.63, 3.8) is 0 Å². The molecule has 0 saturated heterocycles. The molecule has 2 aromatic rings. The van der Waals surface area contributed by atoms with Gasteiger partial charge >= 0.3 is 0 Å². The molecule has 0 atom stereocenters. The van der Waals surface area contributed by atoms with Gasteiger partial charge in [-0.2, -0.15) is 5.10 Å². The molecule has 0 spiro atoms. The van der Waals surface area contributed by atoms with E-state index in [1.165, 1.54) is 5.56 Å². The summed E-state index contributed by atoms with van der Waals surface area (Å²) in [6, 6.07) is 11.2. The number of rotatable bonds is 5. The molecule has 0 radical (unpaired) electrons. The standard InChI is InChI=1S/C20H24N2O2/c1-13(2)24-18-8-6-17(7-9-18)20(23)22-21-12-19-15(4)10-14(3)11-16(19)5/h6-13H,1-5H3,(H,22,23)/b21-12-. The molecule has 0 fully saturated rings. The lowest BCUT2D eigenvalue weighted by Gasteiger charge is -2.09. The van der Waals surface area contributed by atoms with Crippen LogP contribution in [-0.4, -0.2) is 18.2 Å². The summed E-state index contributed by atoms with van der Waals surface area (Å²) in [6.07, 6.45) is 1.80. The van der Waals surface area contributed by atoms with Gasteiger partial charge in [-0.25, -0.2) is 5.43 Å². The zero-order valence-corrected chi connectivity index (χ0v) is 14.9. The monoisotopic (exact) mass is 324 g/mol. The highest BCUT2D eigenvalue weighted by atomic mass is 16.5. The predicted molar refractivity (Wildman–Crippen MR) is 97.9 cm³/mol. The fourth-order valence-corrected chi connectivity index (χ4v) is 2.57. The Labute approximate surface area is 143 Å². The van der Waals surface area contributed by atoms with Gasteiger partial charge in [0, 0.05) is 11.1 Å². The Morgan fingerprint density at radius 1 is 1.08 bits per heavy atom. The van der Waals surface area contributed by atoms with E-state index in [2.05, 4.69) is 29.6 Å². The van der Waals surface area contributed by atoms with Crippen molar-refractivity contribution in [3.8, 4) is 5.75 Å². The molecule has 2 aromatic carbocycles. The summed E-state index contributed by atoms with van der Waals surface area (Å²) in [6.45, 7) is 10.1. The van der Waals surface area contributed by atoms with Crippen molar-refractivity contribution in [2.24, 2.45) is 5.10 Å². The maximum absolute atomic E-state index is 12.1. The van der Waals surface area contributed by atoms with Crippen LogP contribution in [0.3, 0.4) is 0 Å². The smallest absolute Gasteiger partial charge is 0.271 e. The first-order chi connectivity index (χ1) is 11.4. The van der Waals surface area contributed by atoms with Gasteiger partial charge in [-0.05, 0) is 70.0 Å². The fraction of sp³-hybridized carbons (Fsp3) is 0.300. The lowest BCUT2D eigenvalue weighted by atomic mass is 10.0. The summed E-state index contributed by atoms with van der Waals surface area (Å²) in [5, 5.41) is 4.08. The Morgan fingerprint density at radius 2 is 1.67 bits per heavy atom. The third-order valence-electron chi connectivity index (χ3n) is 3.59. The highest BCUT2D eigenvalue weighted by Gasteiger charge is 2.06. The van der Waals surface area contributed by atoms with Crippen LogP contribution in [0.4, 0.5) is 0 Å². The quantitative estimate of drug-likeness (QED) is 0.663. The molecule has 126 valence electrons. The Balaban J connectivity index is 2.03. The van der Waals surface area contributed by atoms with Gasteiger partial charge < -0.3 is 4.74 Å². The minimum absolute atomic E-state index is 0.107. The lowest BCUT2D eigenvalue weighted by Crippen LogP contribution is -2.17. The van der Waals surface area contributed by atoms with E-state index >= 15 is 0 Å². The van der Waals surface area contributed by atoms with Crippen LogP contribution in [-0.2, 0) is 0 Å². The first kappa shape index (κ1) is 17.7. The van der Waals surface area contributed by atoms with Crippen LogP contribution < -0.4 is 10.2 Å². The molecule has 2 rings (SSSR count). The average Bonchev–Trinajstić information content (AvgIpc) is 2.49. The van der Waals surface area contributed by atoms with Gasteiger partial charge in [0.1, 0.15) is 5.75 Å². The minimum Gasteiger partial charge on any atom is -0.491 e. The Morgan fingerprint density at radius 3 is 2.21 bits per heavy atom. The molecule has 1 amide bonds. The van der Waals surface area contributed by atoms with Gasteiger partial charge in [-0.15, -0.1) is 0 Å². The maximum Gasteiger partial charge on any atom is 0.271 e. The normalized spacial score (nSPS) is 11.1. The molecule has 4 heteroatoms. The van der Waals surface area contributed by atoms with Crippen LogP contribution in [0, 0.1) is 20.8 Å². The van der Waals surface area contributed by atoms with Crippen LogP contribution in [0.25, 0.3) is 0 Å². The highest BCUT2D eigenvalue weighted by molar-refractivity contribution is 5.95. The van der Waals surface area contributed by atoms with Gasteiger partial charge in [-0.1, -0.05) is 17.7 Å². The molecule has 1 N–H and O–H groups in total. The summed E-state index contributed by atoms with van der Waals surface area (Å²) >= 11 is 0. The zero-order valence-electron chi connectivity index (χ0n) is 14.9. The molecule has 0 heterocycles. The first-order valence-corrected chi connectivity index (χ1v) is 8.05. The summed E-state index contributed by atoms with van der Waals surface area (Å²) in [7, 11) is 0. The zero-order chi connectivity index (χ0) is 17.7. The van der Waals surface area contributed by atoms with Crippen molar-refractivity contribution in [2.45, 2.75) is 40.7 Å². The first-order valence-electron chi connectivity index (χ1n) is 8.05.